The predicted molar refractivity (Wildman–Crippen MR) is 57.5 cm³/mol. The fourth-order valence-corrected chi connectivity index (χ4v) is 1.94. The van der Waals surface area contributed by atoms with E-state index in [-0.39, 0.29) is 0 Å². The van der Waals surface area contributed by atoms with Crippen LogP contribution in [0, 0.1) is 6.92 Å². The normalized spacial score (nSPS) is 10.8. The van der Waals surface area contributed by atoms with Gasteiger partial charge in [-0.2, -0.15) is 4.98 Å². The van der Waals surface area contributed by atoms with Gasteiger partial charge >= 0.3 is 0 Å². The minimum Gasteiger partial charge on any atom is -0.333 e. The van der Waals surface area contributed by atoms with Gasteiger partial charge in [-0.25, -0.2) is 4.98 Å². The van der Waals surface area contributed by atoms with E-state index in [1.807, 2.05) is 6.92 Å². The SMILES string of the molecule is Cc1ncsc1-c1nc(CCCN)no1. The molecule has 80 valence electrons. The zero-order valence-corrected chi connectivity index (χ0v) is 9.25. The number of rotatable bonds is 4. The highest BCUT2D eigenvalue weighted by Gasteiger charge is 2.12. The summed E-state index contributed by atoms with van der Waals surface area (Å²) >= 11 is 1.51. The lowest BCUT2D eigenvalue weighted by molar-refractivity contribution is 0.422. The monoisotopic (exact) mass is 224 g/mol. The number of hydrogen-bond donors (Lipinski definition) is 1. The van der Waals surface area contributed by atoms with Crippen molar-refractivity contribution >= 4 is 11.3 Å². The maximum absolute atomic E-state index is 5.41. The zero-order chi connectivity index (χ0) is 10.7. The van der Waals surface area contributed by atoms with Crippen LogP contribution in [0.5, 0.6) is 0 Å². The molecule has 2 N–H and O–H groups in total. The Balaban J connectivity index is 2.17. The molecule has 0 bridgehead atoms. The summed E-state index contributed by atoms with van der Waals surface area (Å²) in [6, 6.07) is 0. The molecule has 0 atom stereocenters. The van der Waals surface area contributed by atoms with Crippen molar-refractivity contribution in [3.8, 4) is 10.8 Å². The molecule has 0 saturated heterocycles. The van der Waals surface area contributed by atoms with E-state index in [2.05, 4.69) is 15.1 Å². The van der Waals surface area contributed by atoms with Crippen LogP contribution in [0.15, 0.2) is 10.0 Å². The van der Waals surface area contributed by atoms with E-state index in [1.54, 1.807) is 5.51 Å². The van der Waals surface area contributed by atoms with Gasteiger partial charge in [-0.05, 0) is 19.9 Å². The van der Waals surface area contributed by atoms with Gasteiger partial charge in [-0.3, -0.25) is 0 Å². The number of nitrogens with two attached hydrogens (primary N) is 1. The van der Waals surface area contributed by atoms with E-state index in [1.165, 1.54) is 11.3 Å². The first-order valence-corrected chi connectivity index (χ1v) is 5.62. The third kappa shape index (κ3) is 2.21. The van der Waals surface area contributed by atoms with E-state index < -0.39 is 0 Å². The summed E-state index contributed by atoms with van der Waals surface area (Å²) in [5, 5.41) is 3.89. The fraction of sp³-hybridized carbons (Fsp3) is 0.444. The number of aromatic nitrogens is 3. The molecule has 0 aliphatic carbocycles. The maximum atomic E-state index is 5.41. The molecule has 0 aromatic carbocycles. The summed E-state index contributed by atoms with van der Waals surface area (Å²) in [6.07, 6.45) is 1.64. The molecule has 2 rings (SSSR count). The van der Waals surface area contributed by atoms with Gasteiger partial charge in [0.2, 0.25) is 0 Å². The minimum atomic E-state index is 0.557. The van der Waals surface area contributed by atoms with Gasteiger partial charge in [0.15, 0.2) is 5.82 Å². The van der Waals surface area contributed by atoms with E-state index in [0.29, 0.717) is 18.3 Å². The molecular weight excluding hydrogens is 212 g/mol. The molecule has 2 heterocycles. The lowest BCUT2D eigenvalue weighted by atomic mass is 10.3. The fourth-order valence-electron chi connectivity index (χ4n) is 1.22. The molecule has 0 saturated carbocycles. The van der Waals surface area contributed by atoms with Gasteiger partial charge in [0.1, 0.15) is 4.88 Å². The van der Waals surface area contributed by atoms with Crippen molar-refractivity contribution in [3.05, 3.63) is 17.0 Å². The van der Waals surface area contributed by atoms with Gasteiger partial charge in [0, 0.05) is 6.42 Å². The van der Waals surface area contributed by atoms with Crippen molar-refractivity contribution in [1.29, 1.82) is 0 Å². The van der Waals surface area contributed by atoms with Gasteiger partial charge in [0.05, 0.1) is 11.2 Å². The molecule has 5 nitrogen and oxygen atoms in total. The van der Waals surface area contributed by atoms with Crippen LogP contribution >= 0.6 is 11.3 Å². The van der Waals surface area contributed by atoms with Crippen molar-refractivity contribution in [2.45, 2.75) is 19.8 Å². The van der Waals surface area contributed by atoms with Crippen LogP contribution in [0.4, 0.5) is 0 Å². The Morgan fingerprint density at radius 1 is 1.53 bits per heavy atom. The Hall–Kier alpha value is -1.27. The van der Waals surface area contributed by atoms with Crippen LogP contribution < -0.4 is 5.73 Å². The Morgan fingerprint density at radius 2 is 2.40 bits per heavy atom. The summed E-state index contributed by atoms with van der Waals surface area (Å²) in [5.41, 5.74) is 8.11. The van der Waals surface area contributed by atoms with Crippen molar-refractivity contribution in [1.82, 2.24) is 15.1 Å². The molecule has 0 aliphatic rings. The quantitative estimate of drug-likeness (QED) is 0.849. The van der Waals surface area contributed by atoms with Crippen molar-refractivity contribution in [3.63, 3.8) is 0 Å². The molecule has 0 amide bonds. The highest BCUT2D eigenvalue weighted by molar-refractivity contribution is 7.13. The summed E-state index contributed by atoms with van der Waals surface area (Å²) < 4.78 is 5.16. The summed E-state index contributed by atoms with van der Waals surface area (Å²) in [5.74, 6) is 1.27. The van der Waals surface area contributed by atoms with E-state index in [9.17, 15) is 0 Å². The Bertz CT molecular complexity index is 437. The first-order chi connectivity index (χ1) is 7.31. The smallest absolute Gasteiger partial charge is 0.269 e. The zero-order valence-electron chi connectivity index (χ0n) is 8.43. The van der Waals surface area contributed by atoms with Crippen molar-refractivity contribution in [2.24, 2.45) is 5.73 Å². The maximum Gasteiger partial charge on any atom is 0.269 e. The predicted octanol–water partition coefficient (Wildman–Crippen LogP) is 1.39. The highest BCUT2D eigenvalue weighted by atomic mass is 32.1. The van der Waals surface area contributed by atoms with Gasteiger partial charge in [-0.15, -0.1) is 11.3 Å². The average molecular weight is 224 g/mol. The third-order valence-corrected chi connectivity index (χ3v) is 2.93. The van der Waals surface area contributed by atoms with Crippen LogP contribution in [0.2, 0.25) is 0 Å². The summed E-state index contributed by atoms with van der Waals surface area (Å²) in [4.78, 5) is 9.37. The van der Waals surface area contributed by atoms with Crippen LogP contribution in [0.3, 0.4) is 0 Å². The molecule has 0 radical (unpaired) electrons. The molecule has 6 heteroatoms. The van der Waals surface area contributed by atoms with Crippen molar-refractivity contribution in [2.75, 3.05) is 6.54 Å². The minimum absolute atomic E-state index is 0.557. The number of nitrogens with zero attached hydrogens (tertiary/aromatic N) is 3. The van der Waals surface area contributed by atoms with Crippen LogP contribution in [-0.2, 0) is 6.42 Å². The molecule has 0 aliphatic heterocycles. The van der Waals surface area contributed by atoms with Gasteiger partial charge in [-0.1, -0.05) is 5.16 Å². The first kappa shape index (κ1) is 10.3. The van der Waals surface area contributed by atoms with Gasteiger partial charge < -0.3 is 10.3 Å². The topological polar surface area (TPSA) is 77.8 Å². The third-order valence-electron chi connectivity index (χ3n) is 2.01. The summed E-state index contributed by atoms with van der Waals surface area (Å²) in [7, 11) is 0. The molecule has 2 aromatic heterocycles. The summed E-state index contributed by atoms with van der Waals surface area (Å²) in [6.45, 7) is 2.57. The molecule has 0 unspecified atom stereocenters. The average Bonchev–Trinajstić information content (AvgIpc) is 2.83. The Kier molecular flexibility index (Phi) is 3.08. The lowest BCUT2D eigenvalue weighted by Gasteiger charge is -1.89. The second-order valence-electron chi connectivity index (χ2n) is 3.17. The number of hydrogen-bond acceptors (Lipinski definition) is 6. The largest absolute Gasteiger partial charge is 0.333 e. The Labute approximate surface area is 91.3 Å². The molecule has 2 aromatic rings. The van der Waals surface area contributed by atoms with E-state index in [4.69, 9.17) is 10.3 Å². The molecule has 0 fully saturated rings. The number of thiazole rings is 1. The lowest BCUT2D eigenvalue weighted by Crippen LogP contribution is -2.01. The standard InChI is InChI=1S/C9H12N4OS/c1-6-8(15-5-11-6)9-12-7(13-14-9)3-2-4-10/h5H,2-4,10H2,1H3. The molecular formula is C9H12N4OS. The van der Waals surface area contributed by atoms with Crippen LogP contribution in [0.25, 0.3) is 10.8 Å². The van der Waals surface area contributed by atoms with E-state index >= 15 is 0 Å². The van der Waals surface area contributed by atoms with Crippen molar-refractivity contribution < 1.29 is 4.52 Å². The first-order valence-electron chi connectivity index (χ1n) is 4.74. The second kappa shape index (κ2) is 4.50. The highest BCUT2D eigenvalue weighted by Crippen LogP contribution is 2.25. The van der Waals surface area contributed by atoms with Crippen LogP contribution in [-0.4, -0.2) is 21.7 Å². The second-order valence-corrected chi connectivity index (χ2v) is 4.03. The molecule has 0 spiro atoms. The number of aryl methyl sites for hydroxylation is 2. The van der Waals surface area contributed by atoms with E-state index in [0.717, 1.165) is 23.4 Å². The Morgan fingerprint density at radius 3 is 3.07 bits per heavy atom. The molecule has 15 heavy (non-hydrogen) atoms. The van der Waals surface area contributed by atoms with Gasteiger partial charge in [0.25, 0.3) is 5.89 Å². The van der Waals surface area contributed by atoms with Crippen LogP contribution in [0.1, 0.15) is 17.9 Å².